The Balaban J connectivity index is 1.53. The standard InChI is InChI=1S/C24H26N2O2S/c1-28-22-11-9-20(10-12-22)26(24(27)19-6-3-2-4-7-19)21-13-15-25(16-14-21)18-23-8-5-17-29-23/h2-12,17,21H,13-16,18H2,1H3. The minimum absolute atomic E-state index is 0.0625. The molecular formula is C24H26N2O2S. The van der Waals surface area contributed by atoms with Crippen LogP contribution in [0.3, 0.4) is 0 Å². The summed E-state index contributed by atoms with van der Waals surface area (Å²) in [7, 11) is 1.66. The highest BCUT2D eigenvalue weighted by molar-refractivity contribution is 7.09. The first kappa shape index (κ1) is 19.7. The summed E-state index contributed by atoms with van der Waals surface area (Å²) in [4.78, 5) is 19.3. The Morgan fingerprint density at radius 2 is 1.76 bits per heavy atom. The molecule has 0 bridgehead atoms. The highest BCUT2D eigenvalue weighted by atomic mass is 32.1. The second kappa shape index (κ2) is 9.25. The number of anilines is 1. The van der Waals surface area contributed by atoms with Gasteiger partial charge < -0.3 is 9.64 Å². The lowest BCUT2D eigenvalue weighted by molar-refractivity contribution is 0.0959. The van der Waals surface area contributed by atoms with E-state index in [0.29, 0.717) is 0 Å². The molecule has 1 aliphatic rings. The van der Waals surface area contributed by atoms with Crippen molar-refractivity contribution < 1.29 is 9.53 Å². The lowest BCUT2D eigenvalue weighted by Gasteiger charge is -2.38. The molecule has 1 aromatic heterocycles. The fourth-order valence-corrected chi connectivity index (χ4v) is 4.66. The van der Waals surface area contributed by atoms with Gasteiger partial charge in [0.25, 0.3) is 5.91 Å². The van der Waals surface area contributed by atoms with Gasteiger partial charge in [-0.3, -0.25) is 9.69 Å². The minimum atomic E-state index is 0.0625. The monoisotopic (exact) mass is 406 g/mol. The van der Waals surface area contributed by atoms with Crippen LogP contribution in [0.5, 0.6) is 5.75 Å². The Morgan fingerprint density at radius 1 is 1.03 bits per heavy atom. The van der Waals surface area contributed by atoms with Crippen LogP contribution in [0, 0.1) is 0 Å². The van der Waals surface area contributed by atoms with Gasteiger partial charge >= 0.3 is 0 Å². The first-order chi connectivity index (χ1) is 14.2. The maximum absolute atomic E-state index is 13.4. The van der Waals surface area contributed by atoms with E-state index in [2.05, 4.69) is 22.4 Å². The Labute approximate surface area is 176 Å². The number of carbonyl (C=O) groups excluding carboxylic acids is 1. The fraction of sp³-hybridized carbons (Fsp3) is 0.292. The van der Waals surface area contributed by atoms with E-state index in [1.807, 2.05) is 70.8 Å². The molecule has 29 heavy (non-hydrogen) atoms. The quantitative estimate of drug-likeness (QED) is 0.573. The van der Waals surface area contributed by atoms with Crippen molar-refractivity contribution in [3.63, 3.8) is 0 Å². The average Bonchev–Trinajstić information content (AvgIpc) is 3.29. The van der Waals surface area contributed by atoms with Crippen molar-refractivity contribution >= 4 is 22.9 Å². The lowest BCUT2D eigenvalue weighted by atomic mass is 10.0. The molecule has 0 aliphatic carbocycles. The van der Waals surface area contributed by atoms with Crippen molar-refractivity contribution in [3.05, 3.63) is 82.6 Å². The van der Waals surface area contributed by atoms with Crippen LogP contribution in [0.15, 0.2) is 72.1 Å². The van der Waals surface area contributed by atoms with Crippen molar-refractivity contribution in [2.24, 2.45) is 0 Å². The zero-order chi connectivity index (χ0) is 20.1. The average molecular weight is 407 g/mol. The number of methoxy groups -OCH3 is 1. The molecule has 0 unspecified atom stereocenters. The summed E-state index contributed by atoms with van der Waals surface area (Å²) < 4.78 is 5.29. The van der Waals surface area contributed by atoms with E-state index in [9.17, 15) is 4.79 Å². The molecule has 1 aliphatic heterocycles. The summed E-state index contributed by atoms with van der Waals surface area (Å²) in [6, 6.07) is 21.9. The summed E-state index contributed by atoms with van der Waals surface area (Å²) >= 11 is 1.81. The molecule has 3 aromatic rings. The van der Waals surface area contributed by atoms with Gasteiger partial charge in [0.15, 0.2) is 0 Å². The van der Waals surface area contributed by atoms with Gasteiger partial charge in [0.1, 0.15) is 5.75 Å². The van der Waals surface area contributed by atoms with Gasteiger partial charge in [0.05, 0.1) is 7.11 Å². The predicted octanol–water partition coefficient (Wildman–Crippen LogP) is 5.07. The van der Waals surface area contributed by atoms with Crippen LogP contribution in [-0.4, -0.2) is 37.0 Å². The largest absolute Gasteiger partial charge is 0.497 e. The highest BCUT2D eigenvalue weighted by Crippen LogP contribution is 2.28. The van der Waals surface area contributed by atoms with E-state index in [1.54, 1.807) is 7.11 Å². The smallest absolute Gasteiger partial charge is 0.258 e. The third-order valence-corrected chi connectivity index (χ3v) is 6.33. The SMILES string of the molecule is COc1ccc(N(C(=O)c2ccccc2)C2CCN(Cc3cccs3)CC2)cc1. The summed E-state index contributed by atoms with van der Waals surface area (Å²) in [5.41, 5.74) is 1.65. The number of hydrogen-bond acceptors (Lipinski definition) is 4. The third kappa shape index (κ3) is 4.69. The van der Waals surface area contributed by atoms with Crippen molar-refractivity contribution in [1.82, 2.24) is 4.90 Å². The minimum Gasteiger partial charge on any atom is -0.497 e. The highest BCUT2D eigenvalue weighted by Gasteiger charge is 2.30. The normalized spacial score (nSPS) is 15.2. The van der Waals surface area contributed by atoms with Gasteiger partial charge in [0.2, 0.25) is 0 Å². The van der Waals surface area contributed by atoms with E-state index in [0.717, 1.165) is 49.5 Å². The fourth-order valence-electron chi connectivity index (χ4n) is 3.92. The molecule has 2 heterocycles. The maximum atomic E-state index is 13.4. The predicted molar refractivity (Wildman–Crippen MR) is 119 cm³/mol. The molecule has 4 nitrogen and oxygen atoms in total. The third-order valence-electron chi connectivity index (χ3n) is 5.47. The van der Waals surface area contributed by atoms with Gasteiger partial charge in [0, 0.05) is 41.8 Å². The molecule has 0 saturated carbocycles. The first-order valence-corrected chi connectivity index (χ1v) is 10.9. The molecule has 0 radical (unpaired) electrons. The molecule has 0 spiro atoms. The van der Waals surface area contributed by atoms with Crippen LogP contribution in [-0.2, 0) is 6.54 Å². The molecule has 1 fully saturated rings. The number of hydrogen-bond donors (Lipinski definition) is 0. The number of nitrogens with zero attached hydrogens (tertiary/aromatic N) is 2. The van der Waals surface area contributed by atoms with Gasteiger partial charge in [-0.2, -0.15) is 0 Å². The molecule has 2 aromatic carbocycles. The van der Waals surface area contributed by atoms with Crippen molar-refractivity contribution in [1.29, 1.82) is 0 Å². The van der Waals surface area contributed by atoms with Gasteiger partial charge in [-0.25, -0.2) is 0 Å². The zero-order valence-electron chi connectivity index (χ0n) is 16.7. The summed E-state index contributed by atoms with van der Waals surface area (Å²) in [5, 5.41) is 2.13. The van der Waals surface area contributed by atoms with Gasteiger partial charge in [-0.05, 0) is 60.7 Å². The molecule has 1 saturated heterocycles. The number of rotatable bonds is 6. The second-order valence-electron chi connectivity index (χ2n) is 7.33. The van der Waals surface area contributed by atoms with E-state index in [1.165, 1.54) is 4.88 Å². The number of likely N-dealkylation sites (tertiary alicyclic amines) is 1. The van der Waals surface area contributed by atoms with Crippen LogP contribution in [0.25, 0.3) is 0 Å². The molecule has 150 valence electrons. The maximum Gasteiger partial charge on any atom is 0.258 e. The molecule has 0 N–H and O–H groups in total. The topological polar surface area (TPSA) is 32.8 Å². The van der Waals surface area contributed by atoms with Crippen LogP contribution in [0.4, 0.5) is 5.69 Å². The number of amides is 1. The molecule has 0 atom stereocenters. The van der Waals surface area contributed by atoms with E-state index >= 15 is 0 Å². The number of benzene rings is 2. The Morgan fingerprint density at radius 3 is 2.38 bits per heavy atom. The molecular weight excluding hydrogens is 380 g/mol. The zero-order valence-corrected chi connectivity index (χ0v) is 17.5. The van der Waals surface area contributed by atoms with Gasteiger partial charge in [-0.1, -0.05) is 24.3 Å². The Kier molecular flexibility index (Phi) is 6.27. The van der Waals surface area contributed by atoms with Crippen LogP contribution < -0.4 is 9.64 Å². The van der Waals surface area contributed by atoms with Crippen LogP contribution in [0.1, 0.15) is 28.1 Å². The van der Waals surface area contributed by atoms with Crippen molar-refractivity contribution in [3.8, 4) is 5.75 Å². The van der Waals surface area contributed by atoms with E-state index in [-0.39, 0.29) is 11.9 Å². The summed E-state index contributed by atoms with van der Waals surface area (Å²) in [6.07, 6.45) is 1.94. The van der Waals surface area contributed by atoms with E-state index in [4.69, 9.17) is 4.74 Å². The Bertz CT molecular complexity index is 902. The lowest BCUT2D eigenvalue weighted by Crippen LogP contribution is -2.47. The number of ether oxygens (including phenoxy) is 1. The second-order valence-corrected chi connectivity index (χ2v) is 8.36. The van der Waals surface area contributed by atoms with Crippen LogP contribution in [0.2, 0.25) is 0 Å². The Hall–Kier alpha value is -2.63. The van der Waals surface area contributed by atoms with Crippen LogP contribution >= 0.6 is 11.3 Å². The molecule has 1 amide bonds. The van der Waals surface area contributed by atoms with E-state index < -0.39 is 0 Å². The van der Waals surface area contributed by atoms with Crippen molar-refractivity contribution in [2.75, 3.05) is 25.1 Å². The summed E-state index contributed by atoms with van der Waals surface area (Å²) in [6.45, 7) is 2.99. The van der Waals surface area contributed by atoms with Crippen molar-refractivity contribution in [2.45, 2.75) is 25.4 Å². The number of thiophene rings is 1. The first-order valence-electron chi connectivity index (χ1n) is 10.0. The number of piperidine rings is 1. The summed E-state index contributed by atoms with van der Waals surface area (Å²) in [5.74, 6) is 0.860. The molecule has 4 rings (SSSR count). The van der Waals surface area contributed by atoms with Gasteiger partial charge in [-0.15, -0.1) is 11.3 Å². The molecule has 5 heteroatoms. The number of carbonyl (C=O) groups is 1.